The molecule has 1 amide bonds. The van der Waals surface area contributed by atoms with Gasteiger partial charge in [0.05, 0.1) is 18.8 Å². The lowest BCUT2D eigenvalue weighted by atomic mass is 10.1. The molecule has 1 N–H and O–H groups in total. The third-order valence-electron chi connectivity index (χ3n) is 4.22. The van der Waals surface area contributed by atoms with Gasteiger partial charge in [0, 0.05) is 22.9 Å². The summed E-state index contributed by atoms with van der Waals surface area (Å²) in [5.41, 5.74) is 0.854. The third kappa shape index (κ3) is 2.85. The van der Waals surface area contributed by atoms with Crippen LogP contribution < -0.4 is 0 Å². The largest absolute Gasteiger partial charge is 0.388 e. The van der Waals surface area contributed by atoms with Crippen LogP contribution in [0.25, 0.3) is 0 Å². The van der Waals surface area contributed by atoms with Gasteiger partial charge < -0.3 is 14.7 Å². The fraction of sp³-hybridized carbons (Fsp3) is 0.533. The van der Waals surface area contributed by atoms with Crippen LogP contribution in [0.5, 0.6) is 0 Å². The van der Waals surface area contributed by atoms with Gasteiger partial charge in [0.1, 0.15) is 11.9 Å². The number of amides is 1. The number of nitrogens with zero attached hydrogens (tertiary/aromatic N) is 1. The molecule has 0 spiro atoms. The molecule has 7 heteroatoms. The van der Waals surface area contributed by atoms with Crippen LogP contribution in [-0.2, 0) is 10.5 Å². The molecule has 120 valence electrons. The monoisotopic (exact) mass is 345 g/mol. The molecule has 3 rings (SSSR count). The first kappa shape index (κ1) is 16.1. The number of hydrogen-bond acceptors (Lipinski definition) is 4. The second-order valence-electron chi connectivity index (χ2n) is 5.62. The minimum absolute atomic E-state index is 0.0844. The molecule has 3 atom stereocenters. The minimum Gasteiger partial charge on any atom is -0.388 e. The number of halogens is 2. The average Bonchev–Trinajstić information content (AvgIpc) is 3.06. The number of carbonyl (C=O) groups excluding carboxylic acids is 1. The van der Waals surface area contributed by atoms with Crippen LogP contribution in [0.2, 0.25) is 5.02 Å². The highest BCUT2D eigenvalue weighted by Gasteiger charge is 2.46. The molecule has 22 heavy (non-hydrogen) atoms. The van der Waals surface area contributed by atoms with Crippen molar-refractivity contribution in [2.24, 2.45) is 0 Å². The number of benzene rings is 1. The van der Waals surface area contributed by atoms with Gasteiger partial charge in [-0.2, -0.15) is 0 Å². The summed E-state index contributed by atoms with van der Waals surface area (Å²) in [7, 11) is 0. The van der Waals surface area contributed by atoms with E-state index in [-0.39, 0.29) is 35.6 Å². The van der Waals surface area contributed by atoms with Crippen molar-refractivity contribution >= 4 is 28.6 Å². The quantitative estimate of drug-likeness (QED) is 0.895. The van der Waals surface area contributed by atoms with Gasteiger partial charge in [0.2, 0.25) is 0 Å². The Hall–Kier alpha value is -0.820. The van der Waals surface area contributed by atoms with Crippen LogP contribution in [0, 0.1) is 12.7 Å². The minimum atomic E-state index is -0.642. The number of thioether (sulfide) groups is 1. The van der Waals surface area contributed by atoms with Gasteiger partial charge in [0.25, 0.3) is 5.24 Å². The Morgan fingerprint density at radius 2 is 2.36 bits per heavy atom. The number of likely N-dealkylation sites (tertiary alicyclic amines) is 1. The zero-order valence-electron chi connectivity index (χ0n) is 12.1. The Morgan fingerprint density at radius 1 is 1.59 bits per heavy atom. The maximum Gasteiger partial charge on any atom is 0.282 e. The zero-order chi connectivity index (χ0) is 15.9. The number of aliphatic hydroxyl groups excluding tert-OH is 1. The lowest BCUT2D eigenvalue weighted by Crippen LogP contribution is -2.42. The van der Waals surface area contributed by atoms with E-state index < -0.39 is 6.10 Å². The molecular weight excluding hydrogens is 329 g/mol. The molecule has 2 heterocycles. The molecule has 2 aliphatic heterocycles. The Balaban J connectivity index is 1.67. The maximum atomic E-state index is 14.1. The van der Waals surface area contributed by atoms with Gasteiger partial charge in [0.15, 0.2) is 0 Å². The first-order chi connectivity index (χ1) is 10.5. The number of hydrogen-bond donors (Lipinski definition) is 1. The lowest BCUT2D eigenvalue weighted by molar-refractivity contribution is 0.0849. The molecule has 3 unspecified atom stereocenters. The molecule has 1 aromatic rings. The molecule has 0 radical (unpaired) electrons. The summed E-state index contributed by atoms with van der Waals surface area (Å²) in [6.07, 6.45) is 0.00307. The fourth-order valence-electron chi connectivity index (χ4n) is 3.02. The van der Waals surface area contributed by atoms with E-state index in [9.17, 15) is 14.3 Å². The molecule has 4 nitrogen and oxygen atoms in total. The normalized spacial score (nSPS) is 27.3. The Kier molecular flexibility index (Phi) is 4.64. The first-order valence-electron chi connectivity index (χ1n) is 7.15. The Morgan fingerprint density at radius 3 is 3.14 bits per heavy atom. The highest BCUT2D eigenvalue weighted by molar-refractivity contribution is 8.12. The first-order valence-corrected chi connectivity index (χ1v) is 8.52. The summed E-state index contributed by atoms with van der Waals surface area (Å²) in [5, 5.41) is 10.1. The van der Waals surface area contributed by atoms with Gasteiger partial charge in [-0.1, -0.05) is 29.4 Å². The van der Waals surface area contributed by atoms with Crippen LogP contribution in [-0.4, -0.2) is 46.6 Å². The van der Waals surface area contributed by atoms with E-state index in [4.69, 9.17) is 16.3 Å². The van der Waals surface area contributed by atoms with Crippen LogP contribution in [0.3, 0.4) is 0 Å². The van der Waals surface area contributed by atoms with Gasteiger partial charge in [-0.05, 0) is 25.0 Å². The highest BCUT2D eigenvalue weighted by atomic mass is 35.5. The topological polar surface area (TPSA) is 49.8 Å². The number of fused-ring (bicyclic) bond motifs is 1. The van der Waals surface area contributed by atoms with Crippen molar-refractivity contribution in [3.8, 4) is 0 Å². The van der Waals surface area contributed by atoms with Gasteiger partial charge in [-0.3, -0.25) is 4.79 Å². The number of ether oxygens (including phenoxy) is 1. The molecule has 0 bridgehead atoms. The molecule has 0 aliphatic carbocycles. The average molecular weight is 346 g/mol. The number of aryl methyl sites for hydroxylation is 1. The predicted octanol–water partition coefficient (Wildman–Crippen LogP) is 2.97. The van der Waals surface area contributed by atoms with E-state index in [0.717, 1.165) is 18.2 Å². The molecule has 2 aliphatic rings. The van der Waals surface area contributed by atoms with Crippen LogP contribution in [0.15, 0.2) is 12.1 Å². The second kappa shape index (κ2) is 6.35. The highest BCUT2D eigenvalue weighted by Crippen LogP contribution is 2.33. The molecular formula is C15H17ClFNO3S. The maximum absolute atomic E-state index is 14.1. The van der Waals surface area contributed by atoms with Crippen LogP contribution in [0.1, 0.15) is 17.5 Å². The van der Waals surface area contributed by atoms with E-state index in [2.05, 4.69) is 0 Å². The van der Waals surface area contributed by atoms with Crippen molar-refractivity contribution in [2.45, 2.75) is 37.3 Å². The van der Waals surface area contributed by atoms with Gasteiger partial charge in [-0.15, -0.1) is 0 Å². The zero-order valence-corrected chi connectivity index (χ0v) is 13.7. The summed E-state index contributed by atoms with van der Waals surface area (Å²) >= 11 is 7.03. The van der Waals surface area contributed by atoms with E-state index >= 15 is 0 Å². The lowest BCUT2D eigenvalue weighted by Gasteiger charge is -2.24. The van der Waals surface area contributed by atoms with Crippen molar-refractivity contribution in [2.75, 3.05) is 13.2 Å². The van der Waals surface area contributed by atoms with Gasteiger partial charge >= 0.3 is 0 Å². The van der Waals surface area contributed by atoms with E-state index in [1.807, 2.05) is 0 Å². The van der Waals surface area contributed by atoms with Crippen LogP contribution in [0.4, 0.5) is 9.18 Å². The number of carbonyl (C=O) groups is 1. The summed E-state index contributed by atoms with van der Waals surface area (Å²) in [4.78, 5) is 14.0. The predicted molar refractivity (Wildman–Crippen MR) is 83.7 cm³/mol. The Bertz CT molecular complexity index is 600. The summed E-state index contributed by atoms with van der Waals surface area (Å²) in [6.45, 7) is 2.49. The SMILES string of the molecule is Cc1ccc(Cl)c(CSC(=O)N2CCC3OCC(O)C32)c1F. The summed E-state index contributed by atoms with van der Waals surface area (Å²) < 4.78 is 19.5. The second-order valence-corrected chi connectivity index (χ2v) is 6.96. The van der Waals surface area contributed by atoms with E-state index in [1.165, 1.54) is 0 Å². The van der Waals surface area contributed by atoms with Crippen molar-refractivity contribution < 1.29 is 19.0 Å². The van der Waals surface area contributed by atoms with Gasteiger partial charge in [-0.25, -0.2) is 4.39 Å². The summed E-state index contributed by atoms with van der Waals surface area (Å²) in [6, 6.07) is 2.98. The fourth-order valence-corrected chi connectivity index (χ4v) is 4.24. The third-order valence-corrected chi connectivity index (χ3v) is 5.49. The molecule has 0 aromatic heterocycles. The molecule has 2 saturated heterocycles. The van der Waals surface area contributed by atoms with E-state index in [1.54, 1.807) is 24.0 Å². The molecule has 1 aromatic carbocycles. The van der Waals surface area contributed by atoms with Crippen LogP contribution >= 0.6 is 23.4 Å². The van der Waals surface area contributed by atoms with Crippen molar-refractivity contribution in [3.63, 3.8) is 0 Å². The van der Waals surface area contributed by atoms with E-state index in [0.29, 0.717) is 22.7 Å². The standard InChI is InChI=1S/C15H17ClFNO3S/c1-8-2-3-10(16)9(13(8)17)7-22-15(20)18-5-4-12-14(18)11(19)6-21-12/h2-3,11-12,14,19H,4-7H2,1H3. The Labute approximate surface area is 137 Å². The smallest absolute Gasteiger partial charge is 0.282 e. The van der Waals surface area contributed by atoms with Crippen molar-refractivity contribution in [3.05, 3.63) is 34.1 Å². The molecule has 0 saturated carbocycles. The number of aliphatic hydroxyl groups is 1. The van der Waals surface area contributed by atoms with Crippen molar-refractivity contribution in [1.82, 2.24) is 4.90 Å². The molecule has 2 fully saturated rings. The summed E-state index contributed by atoms with van der Waals surface area (Å²) in [5.74, 6) is -0.188. The van der Waals surface area contributed by atoms with Crippen molar-refractivity contribution in [1.29, 1.82) is 0 Å². The number of rotatable bonds is 2.